The van der Waals surface area contributed by atoms with E-state index >= 15 is 0 Å². The number of hydrogen-bond donors (Lipinski definition) is 1. The van der Waals surface area contributed by atoms with Gasteiger partial charge in [0.1, 0.15) is 0 Å². The molecule has 0 saturated carbocycles. The van der Waals surface area contributed by atoms with Gasteiger partial charge in [-0.3, -0.25) is 0 Å². The van der Waals surface area contributed by atoms with Gasteiger partial charge in [-0.1, -0.05) is 0 Å². The van der Waals surface area contributed by atoms with Crippen molar-refractivity contribution in [3.8, 4) is 0 Å². The highest BCUT2D eigenvalue weighted by molar-refractivity contribution is 7.81. The summed E-state index contributed by atoms with van der Waals surface area (Å²) in [6, 6.07) is 0.535. The molecule has 0 amide bonds. The average molecular weight is 176 g/mol. The van der Waals surface area contributed by atoms with Crippen LogP contribution in [0.1, 0.15) is 12.8 Å². The first kappa shape index (κ1) is 9.16. The lowest BCUT2D eigenvalue weighted by molar-refractivity contribution is 0.306. The Morgan fingerprint density at radius 2 is 2.36 bits per heavy atom. The molecular formula is C7H16N2OS. The highest BCUT2D eigenvalue weighted by Crippen LogP contribution is 2.10. The molecule has 1 heterocycles. The van der Waals surface area contributed by atoms with E-state index in [1.54, 1.807) is 6.26 Å². The van der Waals surface area contributed by atoms with Gasteiger partial charge < -0.3 is 5.32 Å². The van der Waals surface area contributed by atoms with Gasteiger partial charge in [0.15, 0.2) is 0 Å². The third-order valence-electron chi connectivity index (χ3n) is 2.16. The summed E-state index contributed by atoms with van der Waals surface area (Å²) in [6.07, 6.45) is 4.12. The summed E-state index contributed by atoms with van der Waals surface area (Å²) in [4.78, 5) is 0. The summed E-state index contributed by atoms with van der Waals surface area (Å²) in [5, 5.41) is 3.21. The fourth-order valence-corrected chi connectivity index (χ4v) is 2.19. The Hall–Kier alpha value is 0.0700. The fraction of sp³-hybridized carbons (Fsp3) is 1.00. The maximum absolute atomic E-state index is 11.1. The van der Waals surface area contributed by atoms with Crippen molar-refractivity contribution >= 4 is 11.0 Å². The van der Waals surface area contributed by atoms with Crippen molar-refractivity contribution in [3.05, 3.63) is 0 Å². The summed E-state index contributed by atoms with van der Waals surface area (Å²) in [6.45, 7) is 1.92. The molecule has 1 fully saturated rings. The highest BCUT2D eigenvalue weighted by Gasteiger charge is 2.19. The molecule has 0 radical (unpaired) electrons. The van der Waals surface area contributed by atoms with E-state index in [9.17, 15) is 4.21 Å². The Morgan fingerprint density at radius 1 is 1.64 bits per heavy atom. The smallest absolute Gasteiger partial charge is 0.0911 e. The van der Waals surface area contributed by atoms with E-state index in [2.05, 4.69) is 5.32 Å². The van der Waals surface area contributed by atoms with E-state index in [1.807, 2.05) is 11.4 Å². The molecule has 66 valence electrons. The van der Waals surface area contributed by atoms with Gasteiger partial charge in [-0.05, 0) is 19.9 Å². The Morgan fingerprint density at radius 3 is 2.91 bits per heavy atom. The van der Waals surface area contributed by atoms with Gasteiger partial charge in [-0.25, -0.2) is 8.51 Å². The molecule has 1 aliphatic rings. The molecule has 0 aromatic carbocycles. The van der Waals surface area contributed by atoms with Crippen LogP contribution in [0.15, 0.2) is 0 Å². The lowest BCUT2D eigenvalue weighted by Crippen LogP contribution is -2.44. The number of rotatable bonds is 2. The quantitative estimate of drug-likeness (QED) is 0.640. The third-order valence-corrected chi connectivity index (χ3v) is 3.21. The van der Waals surface area contributed by atoms with Crippen LogP contribution >= 0.6 is 0 Å². The molecule has 0 aromatic heterocycles. The van der Waals surface area contributed by atoms with Gasteiger partial charge in [-0.15, -0.1) is 0 Å². The van der Waals surface area contributed by atoms with E-state index in [4.69, 9.17) is 0 Å². The van der Waals surface area contributed by atoms with E-state index in [-0.39, 0.29) is 0 Å². The molecule has 11 heavy (non-hydrogen) atoms. The predicted molar refractivity (Wildman–Crippen MR) is 47.7 cm³/mol. The number of likely N-dealkylation sites (N-methyl/N-ethyl adjacent to an activating group) is 1. The molecule has 0 aromatic rings. The van der Waals surface area contributed by atoms with Crippen LogP contribution in [0.25, 0.3) is 0 Å². The summed E-state index contributed by atoms with van der Waals surface area (Å²) in [5.74, 6) is 0. The summed E-state index contributed by atoms with van der Waals surface area (Å²) in [5.41, 5.74) is 0. The maximum Gasteiger partial charge on any atom is 0.0911 e. The number of hydrogen-bond acceptors (Lipinski definition) is 2. The molecule has 3 nitrogen and oxygen atoms in total. The summed E-state index contributed by atoms with van der Waals surface area (Å²) in [7, 11) is 1.18. The van der Waals surface area contributed by atoms with Crippen LogP contribution in [0.4, 0.5) is 0 Å². The minimum absolute atomic E-state index is 0.535. The van der Waals surface area contributed by atoms with Crippen LogP contribution in [0.5, 0.6) is 0 Å². The van der Waals surface area contributed by atoms with Crippen LogP contribution in [-0.2, 0) is 11.0 Å². The van der Waals surface area contributed by atoms with Gasteiger partial charge in [-0.2, -0.15) is 0 Å². The zero-order chi connectivity index (χ0) is 8.27. The lowest BCUT2D eigenvalue weighted by atomic mass is 10.1. The van der Waals surface area contributed by atoms with Crippen LogP contribution < -0.4 is 5.32 Å². The van der Waals surface area contributed by atoms with Gasteiger partial charge >= 0.3 is 0 Å². The highest BCUT2D eigenvalue weighted by atomic mass is 32.2. The van der Waals surface area contributed by atoms with Crippen molar-refractivity contribution in [1.82, 2.24) is 9.62 Å². The molecule has 2 atom stereocenters. The van der Waals surface area contributed by atoms with Crippen LogP contribution in [0, 0.1) is 0 Å². The lowest BCUT2D eigenvalue weighted by Gasteiger charge is -2.30. The number of nitrogens with zero attached hydrogens (tertiary/aromatic N) is 1. The molecular weight excluding hydrogens is 160 g/mol. The monoisotopic (exact) mass is 176 g/mol. The van der Waals surface area contributed by atoms with Crippen molar-refractivity contribution in [3.63, 3.8) is 0 Å². The van der Waals surface area contributed by atoms with Gasteiger partial charge in [0, 0.05) is 25.4 Å². The van der Waals surface area contributed by atoms with Crippen molar-refractivity contribution in [2.45, 2.75) is 18.9 Å². The number of piperidine rings is 1. The molecule has 1 aliphatic heterocycles. The molecule has 0 bridgehead atoms. The largest absolute Gasteiger partial charge is 0.316 e. The first-order valence-corrected chi connectivity index (χ1v) is 5.51. The second-order valence-corrected chi connectivity index (χ2v) is 4.30. The van der Waals surface area contributed by atoms with E-state index in [0.29, 0.717) is 6.04 Å². The Balaban J connectivity index is 2.39. The second-order valence-electron chi connectivity index (χ2n) is 2.94. The molecule has 0 spiro atoms. The van der Waals surface area contributed by atoms with Crippen molar-refractivity contribution in [2.75, 3.05) is 26.4 Å². The first-order valence-electron chi connectivity index (χ1n) is 4.00. The van der Waals surface area contributed by atoms with Crippen molar-refractivity contribution in [2.24, 2.45) is 0 Å². The van der Waals surface area contributed by atoms with Crippen LogP contribution in [0.3, 0.4) is 0 Å². The number of nitrogens with one attached hydrogen (secondary N) is 1. The SMILES string of the molecule is CNC1CCCN(S(C)=O)C1. The maximum atomic E-state index is 11.1. The molecule has 4 heteroatoms. The van der Waals surface area contributed by atoms with Crippen LogP contribution in [-0.4, -0.2) is 40.9 Å². The summed E-state index contributed by atoms with van der Waals surface area (Å²) >= 11 is 0. The van der Waals surface area contributed by atoms with E-state index in [0.717, 1.165) is 19.5 Å². The van der Waals surface area contributed by atoms with Gasteiger partial charge in [0.05, 0.1) is 11.0 Å². The van der Waals surface area contributed by atoms with Gasteiger partial charge in [0.2, 0.25) is 0 Å². The first-order chi connectivity index (χ1) is 5.24. The minimum Gasteiger partial charge on any atom is -0.316 e. The Bertz CT molecular complexity index is 151. The topological polar surface area (TPSA) is 32.3 Å². The molecule has 2 unspecified atom stereocenters. The standard InChI is InChI=1S/C7H16N2OS/c1-8-7-4-3-5-9(6-7)11(2)10/h7-8H,3-6H2,1-2H3. The van der Waals surface area contributed by atoms with Crippen LogP contribution in [0.2, 0.25) is 0 Å². The predicted octanol–water partition coefficient (Wildman–Crippen LogP) is -0.0363. The average Bonchev–Trinajstić information content (AvgIpc) is 2.05. The molecule has 1 saturated heterocycles. The van der Waals surface area contributed by atoms with Crippen molar-refractivity contribution < 1.29 is 4.21 Å². The third kappa shape index (κ3) is 2.54. The van der Waals surface area contributed by atoms with Crippen molar-refractivity contribution in [1.29, 1.82) is 0 Å². The van der Waals surface area contributed by atoms with E-state index in [1.165, 1.54) is 6.42 Å². The fourth-order valence-electron chi connectivity index (χ4n) is 1.41. The van der Waals surface area contributed by atoms with Gasteiger partial charge in [0.25, 0.3) is 0 Å². The normalized spacial score (nSPS) is 30.2. The molecule has 1 N–H and O–H groups in total. The zero-order valence-electron chi connectivity index (χ0n) is 7.17. The molecule has 1 rings (SSSR count). The zero-order valence-corrected chi connectivity index (χ0v) is 7.99. The summed E-state index contributed by atoms with van der Waals surface area (Å²) < 4.78 is 13.1. The minimum atomic E-state index is -0.781. The molecule has 0 aliphatic carbocycles. The Kier molecular flexibility index (Phi) is 3.48. The van der Waals surface area contributed by atoms with E-state index < -0.39 is 11.0 Å². The second kappa shape index (κ2) is 4.18. The Labute approximate surface area is 70.7 Å².